The van der Waals surface area contributed by atoms with Gasteiger partial charge in [-0.1, -0.05) is 52.1 Å². The molecule has 0 aliphatic rings. The van der Waals surface area contributed by atoms with Crippen LogP contribution in [-0.4, -0.2) is 56.1 Å². The van der Waals surface area contributed by atoms with Crippen LogP contribution in [0, 0.1) is 0 Å². The first-order valence-electron chi connectivity index (χ1n) is 8.66. The van der Waals surface area contributed by atoms with Gasteiger partial charge in [-0.2, -0.15) is 0 Å². The predicted molar refractivity (Wildman–Crippen MR) is 120 cm³/mol. The van der Waals surface area contributed by atoms with Crippen molar-refractivity contribution in [3.63, 3.8) is 0 Å². The lowest BCUT2D eigenvalue weighted by Crippen LogP contribution is -2.39. The molecular weight excluding hydrogens is 348 g/mol. The third-order valence-electron chi connectivity index (χ3n) is 3.25. The van der Waals surface area contributed by atoms with E-state index in [0.29, 0.717) is 0 Å². The molecule has 0 aromatic carbocycles. The van der Waals surface area contributed by atoms with Crippen molar-refractivity contribution < 1.29 is 0 Å². The molecule has 0 fully saturated rings. The van der Waals surface area contributed by atoms with Crippen molar-refractivity contribution in [3.8, 4) is 0 Å². The highest BCUT2D eigenvalue weighted by atomic mass is 32.2. The lowest BCUT2D eigenvalue weighted by atomic mass is 10.4. The van der Waals surface area contributed by atoms with Crippen LogP contribution >= 0.6 is 48.0 Å². The second-order valence-corrected chi connectivity index (χ2v) is 9.59. The number of thiocarbonyl (C=S) groups is 2. The molecule has 0 aliphatic carbocycles. The van der Waals surface area contributed by atoms with Gasteiger partial charge in [-0.15, -0.1) is 0 Å². The van der Waals surface area contributed by atoms with Crippen LogP contribution in [0.3, 0.4) is 0 Å². The molecule has 0 aromatic rings. The van der Waals surface area contributed by atoms with E-state index in [2.05, 4.69) is 37.5 Å². The van der Waals surface area contributed by atoms with Crippen molar-refractivity contribution in [2.75, 3.05) is 37.7 Å². The highest BCUT2D eigenvalue weighted by molar-refractivity contribution is 8.23. The fourth-order valence-corrected chi connectivity index (χ4v) is 4.90. The molecule has 0 bridgehead atoms. The molecule has 0 unspecified atom stereocenters. The lowest BCUT2D eigenvalue weighted by molar-refractivity contribution is 0.350. The standard InChI is InChI=1S/C16H36N2S4/c1-5-9-17(15(19)21-13-7-3)11-12-18(10-6-2)16(20)22-14-8-4/h5-14,21-22H2,1-4H3. The summed E-state index contributed by atoms with van der Waals surface area (Å²) in [5.41, 5.74) is 0. The van der Waals surface area contributed by atoms with Crippen LogP contribution in [0.1, 0.15) is 53.4 Å². The predicted octanol–water partition coefficient (Wildman–Crippen LogP) is 4.20. The van der Waals surface area contributed by atoms with Crippen molar-refractivity contribution in [1.29, 1.82) is 0 Å². The van der Waals surface area contributed by atoms with E-state index in [1.807, 2.05) is 0 Å². The molecular formula is C16H36N2S4. The van der Waals surface area contributed by atoms with Crippen LogP contribution in [0.4, 0.5) is 0 Å². The van der Waals surface area contributed by atoms with E-state index in [1.54, 1.807) is 0 Å². The van der Waals surface area contributed by atoms with Gasteiger partial charge in [0.15, 0.2) is 0 Å². The third-order valence-corrected chi connectivity index (χ3v) is 7.37. The molecule has 0 amide bonds. The Morgan fingerprint density at radius 3 is 1.27 bits per heavy atom. The van der Waals surface area contributed by atoms with Crippen molar-refractivity contribution in [3.05, 3.63) is 0 Å². The molecule has 0 aromatic heterocycles. The van der Waals surface area contributed by atoms with E-state index < -0.39 is 0 Å². The van der Waals surface area contributed by atoms with E-state index >= 15 is 0 Å². The maximum absolute atomic E-state index is 5.65. The van der Waals surface area contributed by atoms with Gasteiger partial charge in [0.25, 0.3) is 0 Å². The summed E-state index contributed by atoms with van der Waals surface area (Å²) in [6.45, 7) is 13.1. The first-order chi connectivity index (χ1) is 10.6. The molecule has 0 saturated heterocycles. The van der Waals surface area contributed by atoms with Crippen molar-refractivity contribution in [2.45, 2.75) is 53.4 Å². The van der Waals surface area contributed by atoms with Gasteiger partial charge in [-0.25, -0.2) is 23.5 Å². The second-order valence-electron chi connectivity index (χ2n) is 5.44. The lowest BCUT2D eigenvalue weighted by Gasteiger charge is -2.31. The van der Waals surface area contributed by atoms with Crippen molar-refractivity contribution in [1.82, 2.24) is 9.80 Å². The SMILES string of the molecule is CCC[SH2]C(=S)N(CCC)CCN(CCC)C(=S)[SH2]CCC. The molecule has 2 nitrogen and oxygen atoms in total. The summed E-state index contributed by atoms with van der Waals surface area (Å²) in [5.74, 6) is 2.46. The van der Waals surface area contributed by atoms with E-state index in [-0.39, 0.29) is 0 Å². The smallest absolute Gasteiger partial charge is 0.113 e. The minimum Gasteiger partial charge on any atom is -0.357 e. The zero-order valence-electron chi connectivity index (χ0n) is 14.8. The zero-order chi connectivity index (χ0) is 16.8. The summed E-state index contributed by atoms with van der Waals surface area (Å²) in [5, 5.41) is 0. The molecule has 0 aliphatic heterocycles. The summed E-state index contributed by atoms with van der Waals surface area (Å²) in [6, 6.07) is 0. The van der Waals surface area contributed by atoms with Gasteiger partial charge in [0.2, 0.25) is 0 Å². The van der Waals surface area contributed by atoms with Crippen LogP contribution in [0.25, 0.3) is 0 Å². The van der Waals surface area contributed by atoms with E-state index in [9.17, 15) is 0 Å². The van der Waals surface area contributed by atoms with Gasteiger partial charge in [-0.05, 0) is 37.2 Å². The minimum absolute atomic E-state index is 0.803. The number of rotatable bonds is 11. The topological polar surface area (TPSA) is 6.48 Å². The van der Waals surface area contributed by atoms with Crippen LogP contribution in [0.2, 0.25) is 0 Å². The maximum atomic E-state index is 5.65. The van der Waals surface area contributed by atoms with Crippen LogP contribution < -0.4 is 0 Å². The Labute approximate surface area is 157 Å². The molecule has 0 spiro atoms. The first-order valence-corrected chi connectivity index (χ1v) is 11.9. The number of hydrogen-bond donors (Lipinski definition) is 0. The van der Waals surface area contributed by atoms with Gasteiger partial charge >= 0.3 is 0 Å². The Kier molecular flexibility index (Phi) is 15.4. The number of nitrogens with zero attached hydrogens (tertiary/aromatic N) is 2. The van der Waals surface area contributed by atoms with Gasteiger partial charge in [-0.3, -0.25) is 0 Å². The van der Waals surface area contributed by atoms with Gasteiger partial charge < -0.3 is 9.80 Å². The summed E-state index contributed by atoms with van der Waals surface area (Å²) in [4.78, 5) is 4.83. The monoisotopic (exact) mass is 384 g/mol. The highest BCUT2D eigenvalue weighted by Gasteiger charge is 2.12. The van der Waals surface area contributed by atoms with Crippen LogP contribution in [-0.2, 0) is 0 Å². The summed E-state index contributed by atoms with van der Waals surface area (Å²) >= 11 is 12.9. The average molecular weight is 385 g/mol. The van der Waals surface area contributed by atoms with E-state index in [4.69, 9.17) is 24.4 Å². The van der Waals surface area contributed by atoms with Crippen LogP contribution in [0.15, 0.2) is 0 Å². The third kappa shape index (κ3) is 10.3. The Hall–Kier alpha value is 0.480. The quantitative estimate of drug-likeness (QED) is 0.492. The molecule has 22 heavy (non-hydrogen) atoms. The van der Waals surface area contributed by atoms with Crippen LogP contribution in [0.5, 0.6) is 0 Å². The molecule has 6 heteroatoms. The van der Waals surface area contributed by atoms with Gasteiger partial charge in [0.1, 0.15) is 8.64 Å². The normalized spacial score (nSPS) is 12.4. The molecule has 134 valence electrons. The highest BCUT2D eigenvalue weighted by Crippen LogP contribution is 2.14. The molecule has 0 heterocycles. The summed E-state index contributed by atoms with van der Waals surface area (Å²) in [6.07, 6.45) is 4.77. The second kappa shape index (κ2) is 15.0. The fraction of sp³-hybridized carbons (Fsp3) is 0.875. The average Bonchev–Trinajstić information content (AvgIpc) is 2.52. The maximum Gasteiger partial charge on any atom is 0.113 e. The molecule has 0 N–H and O–H groups in total. The van der Waals surface area contributed by atoms with Gasteiger partial charge in [0, 0.05) is 26.2 Å². The van der Waals surface area contributed by atoms with Crippen molar-refractivity contribution in [2.24, 2.45) is 0 Å². The molecule has 0 atom stereocenters. The van der Waals surface area contributed by atoms with E-state index in [0.717, 1.165) is 62.5 Å². The Balaban J connectivity index is 4.47. The van der Waals surface area contributed by atoms with E-state index in [1.165, 1.54) is 33.0 Å². The minimum atomic E-state index is 0.803. The first kappa shape index (κ1) is 22.5. The fourth-order valence-electron chi connectivity index (χ4n) is 2.10. The summed E-state index contributed by atoms with van der Waals surface area (Å²) < 4.78 is 2.34. The molecule has 0 rings (SSSR count). The largest absolute Gasteiger partial charge is 0.357 e. The van der Waals surface area contributed by atoms with Crippen molar-refractivity contribution >= 4 is 56.6 Å². The number of hydrogen-bond acceptors (Lipinski definition) is 2. The Morgan fingerprint density at radius 1 is 0.636 bits per heavy atom. The summed E-state index contributed by atoms with van der Waals surface area (Å²) in [7, 11) is 0. The molecule has 0 radical (unpaired) electrons. The Bertz CT molecular complexity index is 281. The zero-order valence-corrected chi connectivity index (χ0v) is 18.4. The van der Waals surface area contributed by atoms with Gasteiger partial charge in [0.05, 0.1) is 0 Å². The Morgan fingerprint density at radius 2 is 1.00 bits per heavy atom. The molecule has 0 saturated carbocycles.